The molecule has 0 saturated carbocycles. The zero-order valence-corrected chi connectivity index (χ0v) is 14.0. The molecule has 1 amide bonds. The second kappa shape index (κ2) is 7.75. The molecule has 1 heterocycles. The van der Waals surface area contributed by atoms with Gasteiger partial charge in [0.15, 0.2) is 0 Å². The van der Waals surface area contributed by atoms with Crippen LogP contribution in [0.15, 0.2) is 59.2 Å². The number of nitrogens with zero attached hydrogens (tertiary/aromatic N) is 1. The standard InChI is InChI=1S/C20H19FN2O2/c1-2-25-17-10-5-15(6-11-17)13-18-20(24)23-19(22-18)12-7-14-3-8-16(21)9-4-14/h3-6,8-11,13H,2,7,12H2,1H3,(H,22,23,24)/b18-13+. The van der Waals surface area contributed by atoms with Crippen LogP contribution in [0.5, 0.6) is 5.75 Å². The van der Waals surface area contributed by atoms with Crippen molar-refractivity contribution in [3.63, 3.8) is 0 Å². The Balaban J connectivity index is 1.65. The first-order valence-corrected chi connectivity index (χ1v) is 8.22. The molecule has 2 aromatic rings. The third-order valence-corrected chi connectivity index (χ3v) is 3.80. The molecular formula is C20H19FN2O2. The lowest BCUT2D eigenvalue weighted by atomic mass is 10.1. The molecule has 3 rings (SSSR count). The van der Waals surface area contributed by atoms with E-state index in [1.54, 1.807) is 18.2 Å². The van der Waals surface area contributed by atoms with E-state index < -0.39 is 0 Å². The molecule has 0 bridgehead atoms. The number of carbonyl (C=O) groups is 1. The predicted molar refractivity (Wildman–Crippen MR) is 95.9 cm³/mol. The largest absolute Gasteiger partial charge is 0.494 e. The van der Waals surface area contributed by atoms with Crippen molar-refractivity contribution < 1.29 is 13.9 Å². The molecule has 1 N–H and O–H groups in total. The summed E-state index contributed by atoms with van der Waals surface area (Å²) in [7, 11) is 0. The summed E-state index contributed by atoms with van der Waals surface area (Å²) in [4.78, 5) is 16.4. The smallest absolute Gasteiger partial charge is 0.275 e. The number of aliphatic imine (C=N–C) groups is 1. The van der Waals surface area contributed by atoms with Crippen LogP contribution in [0.3, 0.4) is 0 Å². The molecule has 0 aromatic heterocycles. The van der Waals surface area contributed by atoms with Crippen molar-refractivity contribution in [1.82, 2.24) is 5.32 Å². The summed E-state index contributed by atoms with van der Waals surface area (Å²) < 4.78 is 18.3. The average molecular weight is 338 g/mol. The summed E-state index contributed by atoms with van der Waals surface area (Å²) in [6, 6.07) is 13.8. The molecule has 0 saturated heterocycles. The molecule has 128 valence electrons. The van der Waals surface area contributed by atoms with Gasteiger partial charge in [0.2, 0.25) is 0 Å². The predicted octanol–water partition coefficient (Wildman–Crippen LogP) is 3.73. The Labute approximate surface area is 146 Å². The molecule has 0 atom stereocenters. The Morgan fingerprint density at radius 3 is 2.48 bits per heavy atom. The van der Waals surface area contributed by atoms with Gasteiger partial charge in [-0.05, 0) is 54.8 Å². The molecule has 0 radical (unpaired) electrons. The number of amides is 1. The molecule has 0 fully saturated rings. The fourth-order valence-corrected chi connectivity index (χ4v) is 2.53. The minimum atomic E-state index is -0.254. The van der Waals surface area contributed by atoms with E-state index in [1.807, 2.05) is 31.2 Å². The van der Waals surface area contributed by atoms with Crippen LogP contribution in [-0.2, 0) is 11.2 Å². The van der Waals surface area contributed by atoms with Gasteiger partial charge in [-0.1, -0.05) is 24.3 Å². The summed E-state index contributed by atoms with van der Waals surface area (Å²) in [5, 5.41) is 2.78. The van der Waals surface area contributed by atoms with Crippen LogP contribution >= 0.6 is 0 Å². The van der Waals surface area contributed by atoms with Gasteiger partial charge in [-0.25, -0.2) is 9.38 Å². The summed E-state index contributed by atoms with van der Waals surface area (Å²) in [6.07, 6.45) is 3.03. The average Bonchev–Trinajstić information content (AvgIpc) is 2.96. The van der Waals surface area contributed by atoms with Crippen molar-refractivity contribution in [3.8, 4) is 5.75 Å². The van der Waals surface area contributed by atoms with Crippen LogP contribution in [0.1, 0.15) is 24.5 Å². The second-order valence-corrected chi connectivity index (χ2v) is 5.67. The van der Waals surface area contributed by atoms with Crippen LogP contribution in [0, 0.1) is 5.82 Å². The van der Waals surface area contributed by atoms with Gasteiger partial charge in [-0.2, -0.15) is 0 Å². The lowest BCUT2D eigenvalue weighted by molar-refractivity contribution is -0.115. The monoisotopic (exact) mass is 338 g/mol. The second-order valence-electron chi connectivity index (χ2n) is 5.67. The highest BCUT2D eigenvalue weighted by atomic mass is 19.1. The molecule has 1 aliphatic rings. The van der Waals surface area contributed by atoms with Crippen molar-refractivity contribution in [2.75, 3.05) is 6.61 Å². The third kappa shape index (κ3) is 4.53. The van der Waals surface area contributed by atoms with Crippen LogP contribution in [0.25, 0.3) is 6.08 Å². The van der Waals surface area contributed by atoms with E-state index in [0.717, 1.165) is 16.9 Å². The minimum absolute atomic E-state index is 0.206. The van der Waals surface area contributed by atoms with Gasteiger partial charge in [0.25, 0.3) is 5.91 Å². The Hall–Kier alpha value is -2.95. The van der Waals surface area contributed by atoms with Gasteiger partial charge in [0, 0.05) is 6.42 Å². The van der Waals surface area contributed by atoms with E-state index in [1.165, 1.54) is 12.1 Å². The number of carbonyl (C=O) groups excluding carboxylic acids is 1. The fraction of sp³-hybridized carbons (Fsp3) is 0.200. The third-order valence-electron chi connectivity index (χ3n) is 3.80. The maximum Gasteiger partial charge on any atom is 0.275 e. The maximum absolute atomic E-state index is 12.9. The minimum Gasteiger partial charge on any atom is -0.494 e. The number of halogens is 1. The maximum atomic E-state index is 12.9. The molecule has 25 heavy (non-hydrogen) atoms. The first-order chi connectivity index (χ1) is 12.1. The summed E-state index contributed by atoms with van der Waals surface area (Å²) >= 11 is 0. The zero-order valence-electron chi connectivity index (χ0n) is 14.0. The van der Waals surface area contributed by atoms with Gasteiger partial charge in [0.05, 0.1) is 6.61 Å². The number of nitrogens with one attached hydrogen (secondary N) is 1. The van der Waals surface area contributed by atoms with E-state index in [4.69, 9.17) is 4.74 Å². The van der Waals surface area contributed by atoms with Gasteiger partial charge in [0.1, 0.15) is 23.1 Å². The van der Waals surface area contributed by atoms with Gasteiger partial charge in [-0.3, -0.25) is 4.79 Å². The number of aryl methyl sites for hydroxylation is 1. The summed E-state index contributed by atoms with van der Waals surface area (Å²) in [6.45, 7) is 2.55. The molecule has 0 spiro atoms. The van der Waals surface area contributed by atoms with Crippen LogP contribution < -0.4 is 10.1 Å². The highest BCUT2D eigenvalue weighted by Gasteiger charge is 2.19. The van der Waals surface area contributed by atoms with E-state index in [-0.39, 0.29) is 11.7 Å². The first-order valence-electron chi connectivity index (χ1n) is 8.22. The summed E-state index contributed by atoms with van der Waals surface area (Å²) in [5.74, 6) is 0.967. The van der Waals surface area contributed by atoms with Crippen molar-refractivity contribution in [2.45, 2.75) is 19.8 Å². The molecule has 4 nitrogen and oxygen atoms in total. The zero-order chi connectivity index (χ0) is 17.6. The number of ether oxygens (including phenoxy) is 1. The molecule has 2 aromatic carbocycles. The number of hydrogen-bond acceptors (Lipinski definition) is 3. The number of benzene rings is 2. The lowest BCUT2D eigenvalue weighted by Crippen LogP contribution is -2.24. The van der Waals surface area contributed by atoms with Crippen LogP contribution in [0.2, 0.25) is 0 Å². The fourth-order valence-electron chi connectivity index (χ4n) is 2.53. The van der Waals surface area contributed by atoms with E-state index in [0.29, 0.717) is 31.0 Å². The van der Waals surface area contributed by atoms with Crippen LogP contribution in [-0.4, -0.2) is 18.3 Å². The Morgan fingerprint density at radius 1 is 1.08 bits per heavy atom. The van der Waals surface area contributed by atoms with E-state index >= 15 is 0 Å². The molecule has 1 aliphatic heterocycles. The summed E-state index contributed by atoms with van der Waals surface area (Å²) in [5.41, 5.74) is 2.28. The van der Waals surface area contributed by atoms with Crippen molar-refractivity contribution in [1.29, 1.82) is 0 Å². The highest BCUT2D eigenvalue weighted by Crippen LogP contribution is 2.17. The molecule has 0 unspecified atom stereocenters. The Morgan fingerprint density at radius 2 is 1.80 bits per heavy atom. The Kier molecular flexibility index (Phi) is 5.23. The topological polar surface area (TPSA) is 50.7 Å². The SMILES string of the molecule is CCOc1ccc(/C=C2/N=C(CCc3ccc(F)cc3)NC2=O)cc1. The van der Waals surface area contributed by atoms with Crippen molar-refractivity contribution >= 4 is 17.8 Å². The molecule has 5 heteroatoms. The van der Waals surface area contributed by atoms with Crippen molar-refractivity contribution in [2.24, 2.45) is 4.99 Å². The van der Waals surface area contributed by atoms with Gasteiger partial charge < -0.3 is 10.1 Å². The Bertz CT molecular complexity index is 809. The first kappa shape index (κ1) is 16.9. The normalized spacial score (nSPS) is 15.2. The van der Waals surface area contributed by atoms with Crippen molar-refractivity contribution in [3.05, 3.63) is 71.2 Å². The van der Waals surface area contributed by atoms with E-state index in [9.17, 15) is 9.18 Å². The van der Waals surface area contributed by atoms with Gasteiger partial charge in [-0.15, -0.1) is 0 Å². The quantitative estimate of drug-likeness (QED) is 0.816. The number of rotatable bonds is 6. The van der Waals surface area contributed by atoms with Gasteiger partial charge >= 0.3 is 0 Å². The molecular weight excluding hydrogens is 319 g/mol. The number of amidine groups is 1. The lowest BCUT2D eigenvalue weighted by Gasteiger charge is -2.02. The molecule has 0 aliphatic carbocycles. The van der Waals surface area contributed by atoms with Crippen LogP contribution in [0.4, 0.5) is 4.39 Å². The van der Waals surface area contributed by atoms with E-state index in [2.05, 4.69) is 10.3 Å². The number of hydrogen-bond donors (Lipinski definition) is 1. The highest BCUT2D eigenvalue weighted by molar-refractivity contribution is 6.14.